The molecule has 0 aliphatic rings. The number of hydrogen-bond acceptors (Lipinski definition) is 7. The number of rotatable bonds is 6. The van der Waals surface area contributed by atoms with E-state index in [1.54, 1.807) is 30.3 Å². The van der Waals surface area contributed by atoms with Gasteiger partial charge in [-0.15, -0.1) is 0 Å². The van der Waals surface area contributed by atoms with Crippen LogP contribution in [-0.4, -0.2) is 38.1 Å². The molecule has 2 N–H and O–H groups in total. The van der Waals surface area contributed by atoms with Crippen LogP contribution in [0.1, 0.15) is 17.3 Å². The molecule has 3 aromatic rings. The van der Waals surface area contributed by atoms with E-state index < -0.39 is 0 Å². The SMILES string of the molecule is COc1cc(OC)cc(C(=O)Nc2cc(OC)c3nc(NC(C)=O)sc3c2)c1. The van der Waals surface area contributed by atoms with Crippen LogP contribution in [0.15, 0.2) is 30.3 Å². The highest BCUT2D eigenvalue weighted by atomic mass is 32.1. The van der Waals surface area contributed by atoms with E-state index in [0.717, 1.165) is 4.70 Å². The number of nitrogens with one attached hydrogen (secondary N) is 2. The van der Waals surface area contributed by atoms with E-state index in [1.165, 1.54) is 39.6 Å². The molecule has 0 saturated carbocycles. The number of nitrogens with zero attached hydrogens (tertiary/aromatic N) is 1. The fourth-order valence-electron chi connectivity index (χ4n) is 2.57. The Labute approximate surface area is 165 Å². The van der Waals surface area contributed by atoms with Crippen LogP contribution in [0.3, 0.4) is 0 Å². The van der Waals surface area contributed by atoms with Gasteiger partial charge >= 0.3 is 0 Å². The number of aromatic nitrogens is 1. The van der Waals surface area contributed by atoms with Crippen molar-refractivity contribution in [2.24, 2.45) is 0 Å². The first-order valence-corrected chi connectivity index (χ1v) is 9.05. The standard InChI is InChI=1S/C19H19N3O5S/c1-10(23)20-19-22-17-15(27-4)7-12(8-16(17)28-19)21-18(24)11-5-13(25-2)9-14(6-11)26-3/h5-9H,1-4H3,(H,21,24)(H,20,22,23). The van der Waals surface area contributed by atoms with E-state index >= 15 is 0 Å². The number of benzene rings is 2. The number of thiazole rings is 1. The van der Waals surface area contributed by atoms with Crippen molar-refractivity contribution >= 4 is 44.2 Å². The Kier molecular flexibility index (Phi) is 5.65. The number of hydrogen-bond donors (Lipinski definition) is 2. The molecule has 0 radical (unpaired) electrons. The lowest BCUT2D eigenvalue weighted by Gasteiger charge is -2.10. The summed E-state index contributed by atoms with van der Waals surface area (Å²) in [6.07, 6.45) is 0. The molecule has 2 aromatic carbocycles. The number of anilines is 2. The molecule has 1 aromatic heterocycles. The first-order chi connectivity index (χ1) is 13.4. The van der Waals surface area contributed by atoms with Crippen molar-refractivity contribution in [2.45, 2.75) is 6.92 Å². The van der Waals surface area contributed by atoms with E-state index in [1.807, 2.05) is 0 Å². The maximum atomic E-state index is 12.7. The van der Waals surface area contributed by atoms with Crippen LogP contribution >= 0.6 is 11.3 Å². The zero-order valence-electron chi connectivity index (χ0n) is 15.8. The lowest BCUT2D eigenvalue weighted by molar-refractivity contribution is -0.114. The smallest absolute Gasteiger partial charge is 0.255 e. The Morgan fingerprint density at radius 2 is 1.61 bits per heavy atom. The number of methoxy groups -OCH3 is 3. The molecule has 9 heteroatoms. The molecule has 0 unspecified atom stereocenters. The third-order valence-electron chi connectivity index (χ3n) is 3.83. The number of carbonyl (C=O) groups is 2. The van der Waals surface area contributed by atoms with Crippen molar-refractivity contribution in [3.05, 3.63) is 35.9 Å². The van der Waals surface area contributed by atoms with Crippen molar-refractivity contribution in [1.29, 1.82) is 0 Å². The van der Waals surface area contributed by atoms with Gasteiger partial charge in [-0.25, -0.2) is 4.98 Å². The topological polar surface area (TPSA) is 98.8 Å². The van der Waals surface area contributed by atoms with Gasteiger partial charge in [0.2, 0.25) is 5.91 Å². The van der Waals surface area contributed by atoms with E-state index in [9.17, 15) is 9.59 Å². The maximum Gasteiger partial charge on any atom is 0.255 e. The third kappa shape index (κ3) is 4.15. The Morgan fingerprint density at radius 3 is 2.18 bits per heavy atom. The van der Waals surface area contributed by atoms with Crippen LogP contribution in [0, 0.1) is 0 Å². The molecular formula is C19H19N3O5S. The van der Waals surface area contributed by atoms with Crippen LogP contribution < -0.4 is 24.8 Å². The molecule has 3 rings (SSSR count). The monoisotopic (exact) mass is 401 g/mol. The minimum atomic E-state index is -0.329. The molecule has 0 aliphatic heterocycles. The summed E-state index contributed by atoms with van der Waals surface area (Å²) >= 11 is 1.29. The van der Waals surface area contributed by atoms with Gasteiger partial charge < -0.3 is 24.8 Å². The van der Waals surface area contributed by atoms with Gasteiger partial charge in [0.1, 0.15) is 22.8 Å². The fraction of sp³-hybridized carbons (Fsp3) is 0.211. The second-order valence-corrected chi connectivity index (χ2v) is 6.81. The van der Waals surface area contributed by atoms with Gasteiger partial charge in [-0.2, -0.15) is 0 Å². The minimum absolute atomic E-state index is 0.210. The Morgan fingerprint density at radius 1 is 0.929 bits per heavy atom. The van der Waals surface area contributed by atoms with Gasteiger partial charge in [-0.05, 0) is 18.2 Å². The Balaban J connectivity index is 1.93. The maximum absolute atomic E-state index is 12.7. The average Bonchev–Trinajstić information content (AvgIpc) is 3.08. The van der Waals surface area contributed by atoms with Crippen LogP contribution in [0.2, 0.25) is 0 Å². The highest BCUT2D eigenvalue weighted by Gasteiger charge is 2.15. The van der Waals surface area contributed by atoms with Crippen LogP contribution in [0.5, 0.6) is 17.2 Å². The number of carbonyl (C=O) groups excluding carboxylic acids is 2. The highest BCUT2D eigenvalue weighted by Crippen LogP contribution is 2.35. The third-order valence-corrected chi connectivity index (χ3v) is 4.75. The van der Waals surface area contributed by atoms with Gasteiger partial charge in [0.25, 0.3) is 5.91 Å². The van der Waals surface area contributed by atoms with Crippen LogP contribution in [-0.2, 0) is 4.79 Å². The van der Waals surface area contributed by atoms with E-state index in [-0.39, 0.29) is 11.8 Å². The number of ether oxygens (including phenoxy) is 3. The molecular weight excluding hydrogens is 382 g/mol. The predicted molar refractivity (Wildman–Crippen MR) is 108 cm³/mol. The fourth-order valence-corrected chi connectivity index (χ4v) is 3.54. The van der Waals surface area contributed by atoms with E-state index in [2.05, 4.69) is 15.6 Å². The van der Waals surface area contributed by atoms with Crippen molar-refractivity contribution < 1.29 is 23.8 Å². The Bertz CT molecular complexity index is 1030. The number of fused-ring (bicyclic) bond motifs is 1. The Hall–Kier alpha value is -3.33. The molecule has 0 atom stereocenters. The van der Waals surface area contributed by atoms with E-state index in [4.69, 9.17) is 14.2 Å². The van der Waals surface area contributed by atoms with Gasteiger partial charge in [0.15, 0.2) is 5.13 Å². The molecule has 0 aliphatic carbocycles. The molecule has 0 bridgehead atoms. The van der Waals surface area contributed by atoms with Crippen LogP contribution in [0.4, 0.5) is 10.8 Å². The summed E-state index contributed by atoms with van der Waals surface area (Å²) in [5.74, 6) is 0.979. The highest BCUT2D eigenvalue weighted by molar-refractivity contribution is 7.22. The normalized spacial score (nSPS) is 10.4. The summed E-state index contributed by atoms with van der Waals surface area (Å²) in [5, 5.41) is 5.95. The first kappa shape index (κ1) is 19.4. The second-order valence-electron chi connectivity index (χ2n) is 5.78. The second kappa shape index (κ2) is 8.13. The van der Waals surface area contributed by atoms with Crippen LogP contribution in [0.25, 0.3) is 10.2 Å². The molecule has 0 saturated heterocycles. The molecule has 8 nitrogen and oxygen atoms in total. The summed E-state index contributed by atoms with van der Waals surface area (Å²) in [4.78, 5) is 28.3. The van der Waals surface area contributed by atoms with Crippen molar-refractivity contribution in [3.8, 4) is 17.2 Å². The first-order valence-electron chi connectivity index (χ1n) is 8.24. The molecule has 0 fully saturated rings. The van der Waals surface area contributed by atoms with Gasteiger partial charge in [-0.3, -0.25) is 9.59 Å². The molecule has 2 amide bonds. The minimum Gasteiger partial charge on any atom is -0.497 e. The lowest BCUT2D eigenvalue weighted by Crippen LogP contribution is -2.12. The average molecular weight is 401 g/mol. The zero-order chi connectivity index (χ0) is 20.3. The summed E-state index contributed by atoms with van der Waals surface area (Å²) in [6, 6.07) is 8.38. The summed E-state index contributed by atoms with van der Waals surface area (Å²) in [6.45, 7) is 1.41. The quantitative estimate of drug-likeness (QED) is 0.656. The molecule has 28 heavy (non-hydrogen) atoms. The van der Waals surface area contributed by atoms with E-state index in [0.29, 0.717) is 39.1 Å². The van der Waals surface area contributed by atoms with Crippen molar-refractivity contribution in [2.75, 3.05) is 32.0 Å². The van der Waals surface area contributed by atoms with Crippen molar-refractivity contribution in [1.82, 2.24) is 4.98 Å². The van der Waals surface area contributed by atoms with Gasteiger partial charge in [0.05, 0.1) is 26.0 Å². The zero-order valence-corrected chi connectivity index (χ0v) is 16.6. The lowest BCUT2D eigenvalue weighted by atomic mass is 10.1. The number of amides is 2. The largest absolute Gasteiger partial charge is 0.497 e. The van der Waals surface area contributed by atoms with Gasteiger partial charge in [-0.1, -0.05) is 11.3 Å². The van der Waals surface area contributed by atoms with Crippen molar-refractivity contribution in [3.63, 3.8) is 0 Å². The molecule has 0 spiro atoms. The predicted octanol–water partition coefficient (Wildman–Crippen LogP) is 3.53. The molecule has 146 valence electrons. The summed E-state index contributed by atoms with van der Waals surface area (Å²) < 4.78 is 16.6. The summed E-state index contributed by atoms with van der Waals surface area (Å²) in [5.41, 5.74) is 1.53. The molecule has 1 heterocycles. The summed E-state index contributed by atoms with van der Waals surface area (Å²) in [7, 11) is 4.56. The van der Waals surface area contributed by atoms with Gasteiger partial charge in [0, 0.05) is 30.3 Å².